The maximum absolute atomic E-state index is 5.06. The van der Waals surface area contributed by atoms with Gasteiger partial charge in [-0.1, -0.05) is 12.1 Å². The van der Waals surface area contributed by atoms with Gasteiger partial charge >= 0.3 is 0 Å². The van der Waals surface area contributed by atoms with Crippen molar-refractivity contribution in [2.24, 2.45) is 4.99 Å². The number of benzene rings is 1. The van der Waals surface area contributed by atoms with E-state index in [1.165, 1.54) is 5.56 Å². The first kappa shape index (κ1) is 11.7. The van der Waals surface area contributed by atoms with E-state index in [1.54, 1.807) is 6.34 Å². The third-order valence-corrected chi connectivity index (χ3v) is 1.88. The predicted molar refractivity (Wildman–Crippen MR) is 69.6 cm³/mol. The SMILES string of the molecule is Cc1cccc(NC(=S)N=CN(C)C)c1. The van der Waals surface area contributed by atoms with Crippen molar-refractivity contribution in [3.8, 4) is 0 Å². The summed E-state index contributed by atoms with van der Waals surface area (Å²) < 4.78 is 0. The lowest BCUT2D eigenvalue weighted by Gasteiger charge is -2.06. The Bertz CT molecular complexity index is 372. The van der Waals surface area contributed by atoms with Crippen molar-refractivity contribution in [3.63, 3.8) is 0 Å². The third-order valence-electron chi connectivity index (χ3n) is 1.68. The van der Waals surface area contributed by atoms with Crippen LogP contribution in [-0.4, -0.2) is 30.4 Å². The van der Waals surface area contributed by atoms with Crippen molar-refractivity contribution in [3.05, 3.63) is 29.8 Å². The standard InChI is InChI=1S/C11H15N3S/c1-9-5-4-6-10(7-9)13-11(15)12-8-14(2)3/h4-8H,1-3H3,(H,13,15). The van der Waals surface area contributed by atoms with Crippen LogP contribution in [0.15, 0.2) is 29.3 Å². The van der Waals surface area contributed by atoms with Crippen LogP contribution in [0.25, 0.3) is 0 Å². The number of hydrogen-bond acceptors (Lipinski definition) is 1. The molecule has 3 nitrogen and oxygen atoms in total. The molecule has 0 aliphatic rings. The van der Waals surface area contributed by atoms with Crippen molar-refractivity contribution in [2.75, 3.05) is 19.4 Å². The Kier molecular flexibility index (Phi) is 4.24. The Labute approximate surface area is 95.8 Å². The summed E-state index contributed by atoms with van der Waals surface area (Å²) in [5.74, 6) is 0. The summed E-state index contributed by atoms with van der Waals surface area (Å²) in [5.41, 5.74) is 2.16. The maximum Gasteiger partial charge on any atom is 0.198 e. The molecule has 0 atom stereocenters. The molecule has 0 heterocycles. The van der Waals surface area contributed by atoms with Crippen molar-refractivity contribution in [1.29, 1.82) is 0 Å². The Morgan fingerprint density at radius 1 is 1.47 bits per heavy atom. The van der Waals surface area contributed by atoms with Gasteiger partial charge in [0.1, 0.15) is 0 Å². The second-order valence-electron chi connectivity index (χ2n) is 3.51. The van der Waals surface area contributed by atoms with E-state index in [-0.39, 0.29) is 0 Å². The molecule has 80 valence electrons. The van der Waals surface area contributed by atoms with Gasteiger partial charge in [-0.25, -0.2) is 4.99 Å². The Morgan fingerprint density at radius 2 is 2.20 bits per heavy atom. The van der Waals surface area contributed by atoms with Gasteiger partial charge in [0, 0.05) is 19.8 Å². The first-order valence-electron chi connectivity index (χ1n) is 4.66. The van der Waals surface area contributed by atoms with Gasteiger partial charge in [0.25, 0.3) is 0 Å². The molecule has 0 bridgehead atoms. The second-order valence-corrected chi connectivity index (χ2v) is 3.89. The van der Waals surface area contributed by atoms with Crippen LogP contribution in [0.5, 0.6) is 0 Å². The van der Waals surface area contributed by atoms with Crippen LogP contribution in [0.4, 0.5) is 5.69 Å². The minimum Gasteiger partial charge on any atom is -0.369 e. The van der Waals surface area contributed by atoms with Crippen LogP contribution in [0.2, 0.25) is 0 Å². The molecular formula is C11H15N3S. The van der Waals surface area contributed by atoms with E-state index < -0.39 is 0 Å². The fourth-order valence-corrected chi connectivity index (χ4v) is 1.21. The van der Waals surface area contributed by atoms with Gasteiger partial charge in [-0.2, -0.15) is 0 Å². The third kappa shape index (κ3) is 4.56. The van der Waals surface area contributed by atoms with Gasteiger partial charge in [0.05, 0.1) is 6.34 Å². The molecule has 15 heavy (non-hydrogen) atoms. The van der Waals surface area contributed by atoms with Gasteiger partial charge in [0.15, 0.2) is 5.11 Å². The quantitative estimate of drug-likeness (QED) is 0.472. The lowest BCUT2D eigenvalue weighted by Crippen LogP contribution is -2.12. The van der Waals surface area contributed by atoms with Gasteiger partial charge in [-0.05, 0) is 36.8 Å². The number of thiocarbonyl (C=S) groups is 1. The summed E-state index contributed by atoms with van der Waals surface area (Å²) in [6.45, 7) is 2.04. The zero-order chi connectivity index (χ0) is 11.3. The topological polar surface area (TPSA) is 27.6 Å². The molecule has 0 spiro atoms. The van der Waals surface area contributed by atoms with Crippen molar-refractivity contribution in [2.45, 2.75) is 6.92 Å². The van der Waals surface area contributed by atoms with Gasteiger partial charge in [-0.15, -0.1) is 0 Å². The normalized spacial score (nSPS) is 10.3. The molecule has 0 aliphatic carbocycles. The molecule has 0 saturated heterocycles. The Hall–Kier alpha value is -1.42. The summed E-state index contributed by atoms with van der Waals surface area (Å²) >= 11 is 5.06. The van der Waals surface area contributed by atoms with E-state index >= 15 is 0 Å². The maximum atomic E-state index is 5.06. The predicted octanol–water partition coefficient (Wildman–Crippen LogP) is 2.28. The van der Waals surface area contributed by atoms with E-state index in [2.05, 4.69) is 10.3 Å². The molecule has 1 N–H and O–H groups in total. The van der Waals surface area contributed by atoms with Crippen LogP contribution in [-0.2, 0) is 0 Å². The van der Waals surface area contributed by atoms with Crippen molar-refractivity contribution >= 4 is 29.4 Å². The van der Waals surface area contributed by atoms with Crippen LogP contribution < -0.4 is 5.32 Å². The van der Waals surface area contributed by atoms with Crippen LogP contribution in [0.3, 0.4) is 0 Å². The molecule has 0 amide bonds. The lowest BCUT2D eigenvalue weighted by molar-refractivity contribution is 0.644. The first-order valence-corrected chi connectivity index (χ1v) is 5.07. The molecule has 0 unspecified atom stereocenters. The molecule has 1 rings (SSSR count). The fraction of sp³-hybridized carbons (Fsp3) is 0.273. The Morgan fingerprint density at radius 3 is 2.80 bits per heavy atom. The van der Waals surface area contributed by atoms with Gasteiger partial charge in [-0.3, -0.25) is 0 Å². The number of hydrogen-bond donors (Lipinski definition) is 1. The number of aryl methyl sites for hydroxylation is 1. The van der Waals surface area contributed by atoms with E-state index in [0.717, 1.165) is 5.69 Å². The lowest BCUT2D eigenvalue weighted by atomic mass is 10.2. The molecule has 1 aromatic carbocycles. The highest BCUT2D eigenvalue weighted by atomic mass is 32.1. The van der Waals surface area contributed by atoms with Crippen molar-refractivity contribution < 1.29 is 0 Å². The summed E-state index contributed by atoms with van der Waals surface area (Å²) in [6.07, 6.45) is 1.67. The van der Waals surface area contributed by atoms with Crippen LogP contribution >= 0.6 is 12.2 Å². The fourth-order valence-electron chi connectivity index (χ4n) is 1.05. The molecule has 0 saturated carbocycles. The summed E-state index contributed by atoms with van der Waals surface area (Å²) in [6, 6.07) is 8.01. The van der Waals surface area contributed by atoms with Gasteiger partial charge in [0.2, 0.25) is 0 Å². The monoisotopic (exact) mass is 221 g/mol. The number of nitrogens with one attached hydrogen (secondary N) is 1. The molecule has 0 fully saturated rings. The second kappa shape index (κ2) is 5.46. The van der Waals surface area contributed by atoms with Crippen molar-refractivity contribution in [1.82, 2.24) is 4.90 Å². The largest absolute Gasteiger partial charge is 0.369 e. The van der Waals surface area contributed by atoms with E-state index in [9.17, 15) is 0 Å². The molecular weight excluding hydrogens is 206 g/mol. The Balaban J connectivity index is 2.59. The zero-order valence-electron chi connectivity index (χ0n) is 9.19. The smallest absolute Gasteiger partial charge is 0.198 e. The highest BCUT2D eigenvalue weighted by Crippen LogP contribution is 2.09. The molecule has 1 aromatic rings. The molecule has 0 aromatic heterocycles. The summed E-state index contributed by atoms with van der Waals surface area (Å²) in [4.78, 5) is 5.91. The minimum absolute atomic E-state index is 0.467. The van der Waals surface area contributed by atoms with Crippen LogP contribution in [0.1, 0.15) is 5.56 Å². The first-order chi connectivity index (χ1) is 7.08. The van der Waals surface area contributed by atoms with Crippen LogP contribution in [0, 0.1) is 6.92 Å². The van der Waals surface area contributed by atoms with E-state index in [0.29, 0.717) is 5.11 Å². The summed E-state index contributed by atoms with van der Waals surface area (Å²) in [5, 5.41) is 3.51. The molecule has 4 heteroatoms. The van der Waals surface area contributed by atoms with E-state index in [1.807, 2.05) is 50.2 Å². The zero-order valence-corrected chi connectivity index (χ0v) is 10.0. The highest BCUT2D eigenvalue weighted by Gasteiger charge is 1.94. The number of nitrogens with zero attached hydrogens (tertiary/aromatic N) is 2. The number of aliphatic imine (C=N–C) groups is 1. The minimum atomic E-state index is 0.467. The average molecular weight is 221 g/mol. The average Bonchev–Trinajstić information content (AvgIpc) is 2.15. The molecule has 0 aliphatic heterocycles. The van der Waals surface area contributed by atoms with E-state index in [4.69, 9.17) is 12.2 Å². The number of rotatable bonds is 2. The molecule has 0 radical (unpaired) electrons. The van der Waals surface area contributed by atoms with Gasteiger partial charge < -0.3 is 10.2 Å². The highest BCUT2D eigenvalue weighted by molar-refractivity contribution is 7.80. The number of anilines is 1. The summed E-state index contributed by atoms with van der Waals surface area (Å²) in [7, 11) is 3.80.